The molecule has 3 fully saturated rings. The van der Waals surface area contributed by atoms with E-state index in [4.69, 9.17) is 0 Å². The van der Waals surface area contributed by atoms with Gasteiger partial charge in [-0.2, -0.15) is 0 Å². The van der Waals surface area contributed by atoms with Crippen LogP contribution < -0.4 is 0 Å². The molecular formula is C17H30N2O2. The smallest absolute Gasteiger partial charge is 0.222 e. The second kappa shape index (κ2) is 7.10. The van der Waals surface area contributed by atoms with Gasteiger partial charge in [-0.15, -0.1) is 0 Å². The number of amides is 1. The Morgan fingerprint density at radius 3 is 2.33 bits per heavy atom. The fraction of sp³-hybridized carbons (Fsp3) is 0.941. The molecule has 4 heteroatoms. The number of hydrogen-bond donors (Lipinski definition) is 1. The van der Waals surface area contributed by atoms with Crippen LogP contribution in [0.5, 0.6) is 0 Å². The number of piperazine rings is 1. The zero-order valence-electron chi connectivity index (χ0n) is 13.2. The lowest BCUT2D eigenvalue weighted by molar-refractivity contribution is -0.133. The van der Waals surface area contributed by atoms with Crippen molar-refractivity contribution in [3.8, 4) is 0 Å². The van der Waals surface area contributed by atoms with Gasteiger partial charge in [-0.25, -0.2) is 0 Å². The van der Waals surface area contributed by atoms with Gasteiger partial charge in [-0.3, -0.25) is 9.69 Å². The van der Waals surface area contributed by atoms with Crippen LogP contribution in [0.1, 0.15) is 51.4 Å². The molecule has 2 aliphatic carbocycles. The Balaban J connectivity index is 1.33. The summed E-state index contributed by atoms with van der Waals surface area (Å²) < 4.78 is 0. The zero-order chi connectivity index (χ0) is 14.7. The van der Waals surface area contributed by atoms with Gasteiger partial charge in [0.25, 0.3) is 0 Å². The largest absolute Gasteiger partial charge is 0.392 e. The number of β-amino-alcohol motifs (C(OH)–C–C–N with tert-alkyl or cyclic N) is 1. The molecular weight excluding hydrogens is 264 g/mol. The van der Waals surface area contributed by atoms with E-state index in [1.54, 1.807) is 0 Å². The van der Waals surface area contributed by atoms with Crippen LogP contribution in [0.25, 0.3) is 0 Å². The first kappa shape index (κ1) is 15.3. The lowest BCUT2D eigenvalue weighted by Gasteiger charge is -2.35. The number of carbonyl (C=O) groups excluding carboxylic acids is 1. The number of carbonyl (C=O) groups is 1. The number of aliphatic hydroxyl groups is 1. The Hall–Kier alpha value is -0.610. The molecule has 0 aromatic heterocycles. The molecule has 0 unspecified atom stereocenters. The highest BCUT2D eigenvalue weighted by molar-refractivity contribution is 5.76. The van der Waals surface area contributed by atoms with Crippen molar-refractivity contribution in [3.05, 3.63) is 0 Å². The van der Waals surface area contributed by atoms with Crippen molar-refractivity contribution >= 4 is 5.91 Å². The molecule has 0 aromatic carbocycles. The predicted octanol–water partition coefficient (Wildman–Crippen LogP) is 1.87. The Morgan fingerprint density at radius 1 is 1.05 bits per heavy atom. The summed E-state index contributed by atoms with van der Waals surface area (Å²) in [5.41, 5.74) is 0. The average molecular weight is 294 g/mol. The van der Waals surface area contributed by atoms with Crippen molar-refractivity contribution in [1.82, 2.24) is 9.80 Å². The van der Waals surface area contributed by atoms with E-state index in [0.29, 0.717) is 11.8 Å². The first-order valence-electron chi connectivity index (χ1n) is 8.90. The summed E-state index contributed by atoms with van der Waals surface area (Å²) in [6, 6.07) is 0. The molecule has 21 heavy (non-hydrogen) atoms. The molecule has 0 radical (unpaired) electrons. The molecule has 1 amide bonds. The molecule has 4 nitrogen and oxygen atoms in total. The van der Waals surface area contributed by atoms with Gasteiger partial charge in [0.2, 0.25) is 5.91 Å². The van der Waals surface area contributed by atoms with Crippen LogP contribution in [0.4, 0.5) is 0 Å². The average Bonchev–Trinajstić information content (AvgIpc) is 3.23. The van der Waals surface area contributed by atoms with Crippen LogP contribution in [-0.2, 0) is 4.79 Å². The first-order valence-corrected chi connectivity index (χ1v) is 8.90. The quantitative estimate of drug-likeness (QED) is 0.813. The van der Waals surface area contributed by atoms with E-state index < -0.39 is 0 Å². The third kappa shape index (κ3) is 4.43. The number of nitrogens with zero attached hydrogens (tertiary/aromatic N) is 2. The van der Waals surface area contributed by atoms with E-state index in [0.717, 1.165) is 51.5 Å². The summed E-state index contributed by atoms with van der Waals surface area (Å²) in [7, 11) is 0. The van der Waals surface area contributed by atoms with Gasteiger partial charge in [0.05, 0.1) is 6.10 Å². The summed E-state index contributed by atoms with van der Waals surface area (Å²) in [6.45, 7) is 4.36. The van der Waals surface area contributed by atoms with Crippen molar-refractivity contribution in [2.45, 2.75) is 57.5 Å². The van der Waals surface area contributed by atoms with Crippen molar-refractivity contribution in [2.24, 2.45) is 11.8 Å². The van der Waals surface area contributed by atoms with Crippen molar-refractivity contribution < 1.29 is 9.90 Å². The van der Waals surface area contributed by atoms with Crippen LogP contribution in [0.3, 0.4) is 0 Å². The summed E-state index contributed by atoms with van der Waals surface area (Å²) in [5.74, 6) is 1.71. The third-order valence-corrected chi connectivity index (χ3v) is 5.58. The molecule has 120 valence electrons. The van der Waals surface area contributed by atoms with Crippen LogP contribution in [0.15, 0.2) is 0 Å². The van der Waals surface area contributed by atoms with Gasteiger partial charge in [0.1, 0.15) is 0 Å². The second-order valence-corrected chi connectivity index (χ2v) is 7.28. The maximum absolute atomic E-state index is 12.3. The summed E-state index contributed by atoms with van der Waals surface area (Å²) in [4.78, 5) is 16.6. The van der Waals surface area contributed by atoms with Crippen LogP contribution in [-0.4, -0.2) is 59.6 Å². The van der Waals surface area contributed by atoms with Crippen molar-refractivity contribution in [3.63, 3.8) is 0 Å². The Bertz CT molecular complexity index is 343. The molecule has 0 spiro atoms. The molecule has 3 rings (SSSR count). The van der Waals surface area contributed by atoms with E-state index >= 15 is 0 Å². The number of aliphatic hydroxyl groups excluding tert-OH is 1. The van der Waals surface area contributed by atoms with Crippen LogP contribution in [0, 0.1) is 11.8 Å². The van der Waals surface area contributed by atoms with Gasteiger partial charge in [0, 0.05) is 39.1 Å². The van der Waals surface area contributed by atoms with E-state index in [2.05, 4.69) is 4.90 Å². The predicted molar refractivity (Wildman–Crippen MR) is 82.9 cm³/mol. The van der Waals surface area contributed by atoms with Crippen LogP contribution in [0.2, 0.25) is 0 Å². The topological polar surface area (TPSA) is 43.8 Å². The lowest BCUT2D eigenvalue weighted by atomic mass is 10.0. The Morgan fingerprint density at radius 2 is 1.71 bits per heavy atom. The maximum Gasteiger partial charge on any atom is 0.222 e. The molecule has 3 aliphatic rings. The van der Waals surface area contributed by atoms with E-state index in [1.807, 2.05) is 4.90 Å². The molecule has 1 aliphatic heterocycles. The maximum atomic E-state index is 12.3. The summed E-state index contributed by atoms with van der Waals surface area (Å²) >= 11 is 0. The van der Waals surface area contributed by atoms with Crippen molar-refractivity contribution in [1.29, 1.82) is 0 Å². The van der Waals surface area contributed by atoms with Gasteiger partial charge in [-0.05, 0) is 31.1 Å². The van der Waals surface area contributed by atoms with E-state index in [9.17, 15) is 9.90 Å². The fourth-order valence-electron chi connectivity index (χ4n) is 3.86. The normalized spacial score (nSPS) is 26.2. The lowest BCUT2D eigenvalue weighted by Crippen LogP contribution is -2.50. The minimum atomic E-state index is -0.144. The van der Waals surface area contributed by atoms with Crippen molar-refractivity contribution in [2.75, 3.05) is 32.7 Å². The molecule has 1 atom stereocenters. The number of rotatable bonds is 6. The van der Waals surface area contributed by atoms with Gasteiger partial charge < -0.3 is 10.0 Å². The Kier molecular flexibility index (Phi) is 5.17. The van der Waals surface area contributed by atoms with E-state index in [1.165, 1.54) is 38.5 Å². The molecule has 1 heterocycles. The highest BCUT2D eigenvalue weighted by atomic mass is 16.3. The van der Waals surface area contributed by atoms with Crippen LogP contribution >= 0.6 is 0 Å². The number of hydrogen-bond acceptors (Lipinski definition) is 3. The minimum absolute atomic E-state index is 0.144. The first-order chi connectivity index (χ1) is 10.2. The van der Waals surface area contributed by atoms with E-state index in [-0.39, 0.29) is 6.10 Å². The fourth-order valence-corrected chi connectivity index (χ4v) is 3.86. The van der Waals surface area contributed by atoms with Gasteiger partial charge in [-0.1, -0.05) is 25.7 Å². The molecule has 0 bridgehead atoms. The highest BCUT2D eigenvalue weighted by Crippen LogP contribution is 2.33. The highest BCUT2D eigenvalue weighted by Gasteiger charge is 2.32. The molecule has 0 aromatic rings. The SMILES string of the molecule is O=C(CCC1CCCC1)N1CCN(C[C@@H](O)C2CC2)CC1. The summed E-state index contributed by atoms with van der Waals surface area (Å²) in [5, 5.41) is 10.00. The molecule has 1 N–H and O–H groups in total. The second-order valence-electron chi connectivity index (χ2n) is 7.28. The zero-order valence-corrected chi connectivity index (χ0v) is 13.2. The monoisotopic (exact) mass is 294 g/mol. The van der Waals surface area contributed by atoms with Gasteiger partial charge in [0.15, 0.2) is 0 Å². The van der Waals surface area contributed by atoms with Gasteiger partial charge >= 0.3 is 0 Å². The summed E-state index contributed by atoms with van der Waals surface area (Å²) in [6.07, 6.45) is 9.48. The minimum Gasteiger partial charge on any atom is -0.392 e. The third-order valence-electron chi connectivity index (χ3n) is 5.58. The molecule has 1 saturated heterocycles. The Labute approximate surface area is 128 Å². The molecule has 2 saturated carbocycles. The standard InChI is InChI=1S/C17H30N2O2/c20-16(15-6-7-15)13-18-9-11-19(12-10-18)17(21)8-5-14-3-1-2-4-14/h14-16,20H,1-13H2/t16-/m1/s1.